The van der Waals surface area contributed by atoms with Crippen LogP contribution >= 0.6 is 0 Å². The second-order valence-electron chi connectivity index (χ2n) is 12.9. The molecule has 0 unspecified atom stereocenters. The molecule has 5 aliphatic rings. The molecule has 2 aromatic carbocycles. The van der Waals surface area contributed by atoms with Crippen molar-refractivity contribution in [2.75, 3.05) is 6.61 Å². The van der Waals surface area contributed by atoms with Crippen molar-refractivity contribution >= 4 is 23.7 Å². The van der Waals surface area contributed by atoms with E-state index in [1.807, 2.05) is 26.0 Å². The van der Waals surface area contributed by atoms with Crippen LogP contribution in [-0.4, -0.2) is 52.5 Å². The maximum Gasteiger partial charge on any atom is 0.306 e. The van der Waals surface area contributed by atoms with Crippen LogP contribution in [0.2, 0.25) is 0 Å². The first kappa shape index (κ1) is 30.0. The SMILES string of the molecule is CCC(=O)O[C@H]1[C@@H]2NC(=O)c3ccc4c(c3)[C@@H](CCO4)N3C(=O)C[C@@](CC)(CCCCc4ccc(c2c4)OC1(C)C)N=C3N. The molecule has 0 aromatic heterocycles. The van der Waals surface area contributed by atoms with Crippen molar-refractivity contribution in [1.82, 2.24) is 10.2 Å². The Morgan fingerprint density at radius 2 is 1.91 bits per heavy atom. The molecule has 2 amide bonds. The second kappa shape index (κ2) is 11.4. The summed E-state index contributed by atoms with van der Waals surface area (Å²) in [6.07, 6.45) is 4.29. The summed E-state index contributed by atoms with van der Waals surface area (Å²) in [4.78, 5) is 46.9. The lowest BCUT2D eigenvalue weighted by molar-refractivity contribution is -0.165. The van der Waals surface area contributed by atoms with Crippen molar-refractivity contribution in [2.24, 2.45) is 10.7 Å². The average molecular weight is 603 g/mol. The minimum Gasteiger partial charge on any atom is -0.493 e. The lowest BCUT2D eigenvalue weighted by Gasteiger charge is -2.44. The third-order valence-electron chi connectivity index (χ3n) is 9.56. The molecule has 0 fully saturated rings. The molecule has 0 spiro atoms. The van der Waals surface area contributed by atoms with E-state index in [9.17, 15) is 14.4 Å². The third kappa shape index (κ3) is 5.39. The van der Waals surface area contributed by atoms with Gasteiger partial charge in [-0.25, -0.2) is 4.99 Å². The Balaban J connectivity index is 1.46. The average Bonchev–Trinajstić information content (AvgIpc) is 3.00. The van der Waals surface area contributed by atoms with Gasteiger partial charge in [-0.3, -0.25) is 19.3 Å². The predicted molar refractivity (Wildman–Crippen MR) is 164 cm³/mol. The molecule has 4 atom stereocenters. The van der Waals surface area contributed by atoms with Gasteiger partial charge in [0.2, 0.25) is 5.91 Å². The minimum absolute atomic E-state index is 0.0570. The Bertz CT molecular complexity index is 1520. The Morgan fingerprint density at radius 3 is 2.66 bits per heavy atom. The number of fused-ring (bicyclic) bond motifs is 5. The van der Waals surface area contributed by atoms with Crippen LogP contribution in [0.5, 0.6) is 11.5 Å². The van der Waals surface area contributed by atoms with Gasteiger partial charge in [0.1, 0.15) is 17.1 Å². The number of rotatable bonds is 3. The number of benzene rings is 2. The summed E-state index contributed by atoms with van der Waals surface area (Å²) in [6, 6.07) is 10.2. The van der Waals surface area contributed by atoms with Crippen LogP contribution in [0.1, 0.15) is 112 Å². The van der Waals surface area contributed by atoms with Gasteiger partial charge in [-0.05, 0) is 75.4 Å². The van der Waals surface area contributed by atoms with Gasteiger partial charge in [0.15, 0.2) is 12.1 Å². The fourth-order valence-electron chi connectivity index (χ4n) is 7.07. The second-order valence-corrected chi connectivity index (χ2v) is 12.9. The molecule has 10 nitrogen and oxygen atoms in total. The molecule has 3 N–H and O–H groups in total. The van der Waals surface area contributed by atoms with E-state index >= 15 is 0 Å². The largest absolute Gasteiger partial charge is 0.493 e. The highest BCUT2D eigenvalue weighted by atomic mass is 16.6. The highest BCUT2D eigenvalue weighted by molar-refractivity contribution is 6.00. The van der Waals surface area contributed by atoms with Crippen molar-refractivity contribution in [3.63, 3.8) is 0 Å². The lowest BCUT2D eigenvalue weighted by Crippen LogP contribution is -2.55. The minimum atomic E-state index is -0.901. The van der Waals surface area contributed by atoms with Crippen LogP contribution in [-0.2, 0) is 20.7 Å². The van der Waals surface area contributed by atoms with Crippen LogP contribution in [0.15, 0.2) is 41.4 Å². The monoisotopic (exact) mass is 602 g/mol. The Kier molecular flexibility index (Phi) is 7.80. The summed E-state index contributed by atoms with van der Waals surface area (Å²) < 4.78 is 18.3. The Morgan fingerprint density at radius 1 is 1.11 bits per heavy atom. The number of amides is 2. The van der Waals surface area contributed by atoms with E-state index in [-0.39, 0.29) is 30.2 Å². The first-order valence-electron chi connectivity index (χ1n) is 15.8. The van der Waals surface area contributed by atoms with E-state index in [1.54, 1.807) is 30.0 Å². The highest BCUT2D eigenvalue weighted by Crippen LogP contribution is 2.44. The third-order valence-corrected chi connectivity index (χ3v) is 9.56. The number of carbonyl (C=O) groups excluding carboxylic acids is 3. The van der Waals surface area contributed by atoms with Gasteiger partial charge in [-0.1, -0.05) is 26.3 Å². The normalized spacial score (nSPS) is 27.6. The molecular weight excluding hydrogens is 560 g/mol. The zero-order valence-electron chi connectivity index (χ0n) is 26.0. The molecule has 0 saturated carbocycles. The number of nitrogens with one attached hydrogen (secondary N) is 1. The fraction of sp³-hybridized carbons (Fsp3) is 0.529. The summed E-state index contributed by atoms with van der Waals surface area (Å²) in [6.45, 7) is 7.96. The first-order valence-corrected chi connectivity index (χ1v) is 15.8. The summed E-state index contributed by atoms with van der Waals surface area (Å²) >= 11 is 0. The maximum absolute atomic E-state index is 14.0. The number of guanidine groups is 1. The highest BCUT2D eigenvalue weighted by Gasteiger charge is 2.48. The number of esters is 1. The van der Waals surface area contributed by atoms with Crippen molar-refractivity contribution in [2.45, 2.75) is 108 Å². The quantitative estimate of drug-likeness (QED) is 0.478. The number of nitrogens with two attached hydrogens (primary N) is 1. The summed E-state index contributed by atoms with van der Waals surface area (Å²) in [7, 11) is 0. The predicted octanol–water partition coefficient (Wildman–Crippen LogP) is 4.90. The number of nitrogens with zero attached hydrogens (tertiary/aromatic N) is 2. The molecule has 44 heavy (non-hydrogen) atoms. The first-order chi connectivity index (χ1) is 21.0. The Hall–Kier alpha value is -4.08. The van der Waals surface area contributed by atoms with Gasteiger partial charge < -0.3 is 25.3 Å². The number of carbonyl (C=O) groups is 3. The molecule has 6 bridgehead atoms. The number of hydrogen-bond acceptors (Lipinski definition) is 8. The molecule has 2 aromatic rings. The number of aliphatic imine (C=N–C) groups is 1. The van der Waals surface area contributed by atoms with E-state index in [0.717, 1.165) is 36.8 Å². The zero-order valence-corrected chi connectivity index (χ0v) is 26.0. The van der Waals surface area contributed by atoms with Crippen LogP contribution < -0.4 is 20.5 Å². The summed E-state index contributed by atoms with van der Waals surface area (Å²) in [5.41, 5.74) is 8.10. The van der Waals surface area contributed by atoms with Gasteiger partial charge in [0, 0.05) is 29.5 Å². The molecule has 0 aliphatic carbocycles. The molecule has 0 saturated heterocycles. The van der Waals surface area contributed by atoms with Crippen molar-refractivity contribution in [3.8, 4) is 11.5 Å². The van der Waals surface area contributed by atoms with Crippen molar-refractivity contribution in [3.05, 3.63) is 58.7 Å². The van der Waals surface area contributed by atoms with Crippen molar-refractivity contribution < 1.29 is 28.6 Å². The zero-order chi connectivity index (χ0) is 31.2. The van der Waals surface area contributed by atoms with E-state index in [0.29, 0.717) is 48.5 Å². The van der Waals surface area contributed by atoms with Gasteiger partial charge in [0.25, 0.3) is 5.91 Å². The Labute approximate surface area is 258 Å². The van der Waals surface area contributed by atoms with Crippen LogP contribution in [0.3, 0.4) is 0 Å². The lowest BCUT2D eigenvalue weighted by atomic mass is 9.83. The van der Waals surface area contributed by atoms with Crippen LogP contribution in [0.4, 0.5) is 0 Å². The molecule has 234 valence electrons. The van der Waals surface area contributed by atoms with E-state index in [4.69, 9.17) is 24.9 Å². The van der Waals surface area contributed by atoms with Crippen molar-refractivity contribution in [1.29, 1.82) is 0 Å². The molecule has 0 radical (unpaired) electrons. The van der Waals surface area contributed by atoms with Gasteiger partial charge in [-0.2, -0.15) is 0 Å². The summed E-state index contributed by atoms with van der Waals surface area (Å²) in [5.74, 6) is 0.718. The molecule has 7 rings (SSSR count). The van der Waals surface area contributed by atoms with Gasteiger partial charge >= 0.3 is 5.97 Å². The number of ether oxygens (including phenoxy) is 3. The maximum atomic E-state index is 14.0. The number of hydrogen-bond donors (Lipinski definition) is 2. The number of aryl methyl sites for hydroxylation is 1. The fourth-order valence-corrected chi connectivity index (χ4v) is 7.07. The standard InChI is InChI=1S/C34H42N4O6/c1-5-28(40)43-30-29-23-17-20(10-12-26(23)44-33(30,3)4)9-7-8-15-34(6-2)19-27(39)38(32(35)37-34)24-14-16-42-25-13-11-21(18-22(24)25)31(41)36-29/h10-13,17-18,24,29-30H,5-9,14-16,19H2,1-4H3,(H2,35,37)(H,36,41)/t24-,29-,30+,34-/m1/s1. The van der Waals surface area contributed by atoms with Gasteiger partial charge in [-0.15, -0.1) is 0 Å². The molecule has 5 heterocycles. The van der Waals surface area contributed by atoms with E-state index in [2.05, 4.69) is 18.3 Å². The van der Waals surface area contributed by atoms with Gasteiger partial charge in [0.05, 0.1) is 30.7 Å². The molecular formula is C34H42N4O6. The summed E-state index contributed by atoms with van der Waals surface area (Å²) in [5, 5.41) is 3.18. The van der Waals surface area contributed by atoms with Crippen LogP contribution in [0.25, 0.3) is 0 Å². The smallest absolute Gasteiger partial charge is 0.306 e. The van der Waals surface area contributed by atoms with Crippen LogP contribution in [0, 0.1) is 0 Å². The molecule has 10 heteroatoms. The van der Waals surface area contributed by atoms with E-state index in [1.165, 1.54) is 0 Å². The topological polar surface area (TPSA) is 133 Å². The molecule has 5 aliphatic heterocycles. The van der Waals surface area contributed by atoms with E-state index < -0.39 is 29.3 Å².